The molecule has 1 saturated heterocycles. The predicted molar refractivity (Wildman–Crippen MR) is 133 cm³/mol. The van der Waals surface area contributed by atoms with Crippen molar-refractivity contribution >= 4 is 23.1 Å². The summed E-state index contributed by atoms with van der Waals surface area (Å²) in [5.74, 6) is -0.484. The number of piperidine rings is 1. The molecule has 186 valence electrons. The minimum Gasteiger partial charge on any atom is -0.448 e. The summed E-state index contributed by atoms with van der Waals surface area (Å²) < 4.78 is 34.1. The van der Waals surface area contributed by atoms with E-state index in [4.69, 9.17) is 16.3 Å². The van der Waals surface area contributed by atoms with E-state index in [9.17, 15) is 14.0 Å². The van der Waals surface area contributed by atoms with E-state index in [-0.39, 0.29) is 38.6 Å². The highest BCUT2D eigenvalue weighted by Crippen LogP contribution is 2.44. The zero-order valence-corrected chi connectivity index (χ0v) is 20.2. The Morgan fingerprint density at radius 3 is 2.17 bits per heavy atom. The minimum absolute atomic E-state index is 0.0542. The van der Waals surface area contributed by atoms with Crippen molar-refractivity contribution < 1.29 is 23.1 Å². The van der Waals surface area contributed by atoms with Crippen LogP contribution in [0.3, 0.4) is 0 Å². The van der Waals surface area contributed by atoms with Crippen LogP contribution in [0, 0.1) is 5.82 Å². The first-order chi connectivity index (χ1) is 17.4. The van der Waals surface area contributed by atoms with Crippen LogP contribution in [0.25, 0.3) is 11.1 Å². The Labute approximate surface area is 213 Å². The van der Waals surface area contributed by atoms with Crippen molar-refractivity contribution in [3.63, 3.8) is 0 Å². The minimum atomic E-state index is -1.50. The fourth-order valence-electron chi connectivity index (χ4n) is 5.19. The molecule has 1 heterocycles. The van der Waals surface area contributed by atoms with Gasteiger partial charge in [-0.3, -0.25) is 4.79 Å². The summed E-state index contributed by atoms with van der Waals surface area (Å²) >= 11 is 5.77. The highest BCUT2D eigenvalue weighted by Gasteiger charge is 2.38. The maximum Gasteiger partial charge on any atom is 0.409 e. The van der Waals surface area contributed by atoms with Crippen molar-refractivity contribution in [1.82, 2.24) is 9.80 Å². The van der Waals surface area contributed by atoms with Crippen molar-refractivity contribution in [2.24, 2.45) is 0 Å². The molecule has 0 saturated carbocycles. The van der Waals surface area contributed by atoms with Gasteiger partial charge in [0.2, 0.25) is 0 Å². The quantitative estimate of drug-likeness (QED) is 0.297. The molecular weight excluding hydrogens is 486 g/mol. The molecule has 5 nitrogen and oxygen atoms in total. The van der Waals surface area contributed by atoms with E-state index in [1.165, 1.54) is 34.1 Å². The summed E-state index contributed by atoms with van der Waals surface area (Å²) in [7, 11) is 0. The molecule has 36 heavy (non-hydrogen) atoms. The molecule has 0 aromatic heterocycles. The number of nitrogens with zero attached hydrogens (tertiary/aromatic N) is 2. The van der Waals surface area contributed by atoms with Crippen LogP contribution in [-0.4, -0.2) is 53.2 Å². The van der Waals surface area contributed by atoms with Crippen molar-refractivity contribution in [3.05, 3.63) is 95.3 Å². The Hall–Kier alpha value is -3.45. The molecule has 0 unspecified atom stereocenters. The van der Waals surface area contributed by atoms with E-state index in [0.717, 1.165) is 22.3 Å². The maximum absolute atomic E-state index is 15.2. The topological polar surface area (TPSA) is 49.9 Å². The molecule has 3 aromatic rings. The third-order valence-corrected chi connectivity index (χ3v) is 7.21. The average molecular weight is 511 g/mol. The number of rotatable bonds is 5. The van der Waals surface area contributed by atoms with E-state index in [2.05, 4.69) is 12.1 Å². The van der Waals surface area contributed by atoms with Crippen molar-refractivity contribution in [1.29, 1.82) is 0 Å². The van der Waals surface area contributed by atoms with Crippen LogP contribution in [0.5, 0.6) is 0 Å². The first kappa shape index (κ1) is 24.3. The van der Waals surface area contributed by atoms with Gasteiger partial charge >= 0.3 is 11.5 Å². The fraction of sp³-hybridized carbons (Fsp3) is 0.286. The van der Waals surface area contributed by atoms with Gasteiger partial charge in [0, 0.05) is 19.0 Å². The molecule has 0 N–H and O–H groups in total. The van der Waals surface area contributed by atoms with Crippen LogP contribution < -0.4 is 0 Å². The molecule has 2 amide bonds. The standard InChI is InChI=1S/C28H25ClF2N2O3/c29-27(34)33(15-18-9-11-19(30)12-10-18)26-13-14-32(16-25(26)31)28(35)36-17-24-22-7-3-1-5-20(22)21-6-2-4-8-23(21)24/h1-12,24-26H,13-17H2/t25-,26+/m1/s1. The fourth-order valence-corrected chi connectivity index (χ4v) is 5.38. The van der Waals surface area contributed by atoms with E-state index in [1.54, 1.807) is 0 Å². The van der Waals surface area contributed by atoms with Gasteiger partial charge in [0.25, 0.3) is 0 Å². The molecule has 2 aliphatic rings. The monoisotopic (exact) mass is 510 g/mol. The predicted octanol–water partition coefficient (Wildman–Crippen LogP) is 6.35. The molecule has 3 aromatic carbocycles. The molecule has 0 radical (unpaired) electrons. The molecular formula is C28H25ClF2N2O3. The third-order valence-electron chi connectivity index (χ3n) is 6.99. The van der Waals surface area contributed by atoms with Gasteiger partial charge in [0.1, 0.15) is 18.6 Å². The number of fused-ring (bicyclic) bond motifs is 3. The normalized spacial score (nSPS) is 18.9. The summed E-state index contributed by atoms with van der Waals surface area (Å²) in [6.07, 6.45) is -1.87. The van der Waals surface area contributed by atoms with Crippen LogP contribution in [0.15, 0.2) is 72.8 Å². The summed E-state index contributed by atoms with van der Waals surface area (Å²) in [6, 6.07) is 20.9. The summed E-state index contributed by atoms with van der Waals surface area (Å²) in [6.45, 7) is 0.233. The molecule has 0 spiro atoms. The first-order valence-electron chi connectivity index (χ1n) is 11.9. The lowest BCUT2D eigenvalue weighted by Crippen LogP contribution is -2.54. The van der Waals surface area contributed by atoms with Crippen LogP contribution in [0.4, 0.5) is 18.4 Å². The van der Waals surface area contributed by atoms with Crippen LogP contribution in [0.1, 0.15) is 29.0 Å². The summed E-state index contributed by atoms with van der Waals surface area (Å²) in [4.78, 5) is 27.5. The Bertz CT molecular complexity index is 1220. The molecule has 1 aliphatic carbocycles. The van der Waals surface area contributed by atoms with Crippen molar-refractivity contribution in [2.75, 3.05) is 19.7 Å². The molecule has 0 bridgehead atoms. The van der Waals surface area contributed by atoms with Gasteiger partial charge in [-0.1, -0.05) is 60.7 Å². The lowest BCUT2D eigenvalue weighted by molar-refractivity contribution is 0.0385. The zero-order chi connectivity index (χ0) is 25.2. The first-order valence-corrected chi connectivity index (χ1v) is 12.2. The van der Waals surface area contributed by atoms with Gasteiger partial charge in [-0.2, -0.15) is 0 Å². The lowest BCUT2D eigenvalue weighted by Gasteiger charge is -2.39. The SMILES string of the molecule is O=C(OCC1c2ccccc2-c2ccccc21)N1CC[C@H](N(Cc2ccc(F)cc2)C(=O)Cl)[C@H](F)C1. The number of ether oxygens (including phenoxy) is 1. The number of amides is 2. The Morgan fingerprint density at radius 1 is 0.972 bits per heavy atom. The highest BCUT2D eigenvalue weighted by molar-refractivity contribution is 6.62. The second-order valence-corrected chi connectivity index (χ2v) is 9.45. The van der Waals surface area contributed by atoms with Gasteiger partial charge in [0.15, 0.2) is 0 Å². The van der Waals surface area contributed by atoms with Gasteiger partial charge in [0.05, 0.1) is 12.6 Å². The van der Waals surface area contributed by atoms with E-state index in [1.807, 2.05) is 36.4 Å². The molecule has 8 heteroatoms. The Balaban J connectivity index is 1.22. The van der Waals surface area contributed by atoms with Crippen molar-refractivity contribution in [2.45, 2.75) is 31.1 Å². The van der Waals surface area contributed by atoms with Gasteiger partial charge in [-0.05, 0) is 58.0 Å². The van der Waals surface area contributed by atoms with Gasteiger partial charge < -0.3 is 14.5 Å². The van der Waals surface area contributed by atoms with Crippen molar-refractivity contribution in [3.8, 4) is 11.1 Å². The third kappa shape index (κ3) is 4.80. The van der Waals surface area contributed by atoms with E-state index < -0.39 is 29.5 Å². The second-order valence-electron chi connectivity index (χ2n) is 9.13. The van der Waals surface area contributed by atoms with Gasteiger partial charge in [-0.25, -0.2) is 13.6 Å². The van der Waals surface area contributed by atoms with E-state index >= 15 is 4.39 Å². The average Bonchev–Trinajstić information content (AvgIpc) is 3.20. The number of hydrogen-bond donors (Lipinski definition) is 0. The number of alkyl halides is 1. The summed E-state index contributed by atoms with van der Waals surface area (Å²) in [5, 5.41) is -0.790. The molecule has 2 atom stereocenters. The number of hydrogen-bond acceptors (Lipinski definition) is 3. The maximum atomic E-state index is 15.2. The zero-order valence-electron chi connectivity index (χ0n) is 19.4. The van der Waals surface area contributed by atoms with E-state index in [0.29, 0.717) is 5.56 Å². The number of carbonyl (C=O) groups excluding carboxylic acids is 2. The Morgan fingerprint density at radius 2 is 1.58 bits per heavy atom. The van der Waals surface area contributed by atoms with Crippen LogP contribution in [0.2, 0.25) is 0 Å². The number of likely N-dealkylation sites (tertiary alicyclic amines) is 1. The molecule has 1 aliphatic heterocycles. The molecule has 5 rings (SSSR count). The van der Waals surface area contributed by atoms with Crippen LogP contribution in [-0.2, 0) is 11.3 Å². The largest absolute Gasteiger partial charge is 0.448 e. The highest BCUT2D eigenvalue weighted by atomic mass is 35.5. The summed E-state index contributed by atoms with van der Waals surface area (Å²) in [5.41, 5.74) is 5.10. The number of halogens is 3. The second kappa shape index (κ2) is 10.3. The van der Waals surface area contributed by atoms with Crippen LogP contribution >= 0.6 is 11.6 Å². The number of benzene rings is 3. The Kier molecular flexibility index (Phi) is 6.92. The number of carbonyl (C=O) groups is 2. The lowest BCUT2D eigenvalue weighted by atomic mass is 9.98. The smallest absolute Gasteiger partial charge is 0.409 e. The van der Waals surface area contributed by atoms with Gasteiger partial charge in [-0.15, -0.1) is 0 Å². The molecule has 1 fully saturated rings.